The summed E-state index contributed by atoms with van der Waals surface area (Å²) in [5, 5.41) is 11.3. The van der Waals surface area contributed by atoms with Crippen LogP contribution >= 0.6 is 23.2 Å². The van der Waals surface area contributed by atoms with Gasteiger partial charge < -0.3 is 10.6 Å². The van der Waals surface area contributed by atoms with E-state index in [4.69, 9.17) is 23.2 Å². The van der Waals surface area contributed by atoms with E-state index in [0.29, 0.717) is 41.1 Å². The molecule has 1 amide bonds. The molecule has 0 aliphatic heterocycles. The molecule has 0 fully saturated rings. The van der Waals surface area contributed by atoms with Crippen LogP contribution in [0.5, 0.6) is 0 Å². The molecular weight excluding hydrogens is 397 g/mol. The number of carbonyl (C=O) groups excluding carboxylic acids is 1. The molecule has 1 aromatic carbocycles. The molecule has 0 radical (unpaired) electrons. The van der Waals surface area contributed by atoms with Crippen molar-refractivity contribution in [2.24, 2.45) is 0 Å². The summed E-state index contributed by atoms with van der Waals surface area (Å²) < 4.78 is 1.93. The van der Waals surface area contributed by atoms with Crippen molar-refractivity contribution < 1.29 is 4.79 Å². The molecule has 8 heteroatoms. The number of hydrogen-bond donors (Lipinski definition) is 2. The van der Waals surface area contributed by atoms with E-state index in [1.807, 2.05) is 42.8 Å². The summed E-state index contributed by atoms with van der Waals surface area (Å²) in [6.07, 6.45) is 1.52. The van der Waals surface area contributed by atoms with Gasteiger partial charge in [-0.1, -0.05) is 35.3 Å². The summed E-state index contributed by atoms with van der Waals surface area (Å²) in [5.41, 5.74) is 3.71. The lowest BCUT2D eigenvalue weighted by Crippen LogP contribution is -2.29. The molecular formula is C20H21Cl2N5O. The van der Waals surface area contributed by atoms with Crippen LogP contribution in [0.2, 0.25) is 10.0 Å². The second-order valence-electron chi connectivity index (χ2n) is 6.45. The highest BCUT2D eigenvalue weighted by atomic mass is 35.5. The summed E-state index contributed by atoms with van der Waals surface area (Å²) in [6, 6.07) is 11.2. The minimum Gasteiger partial charge on any atom is -0.367 e. The number of amides is 1. The Morgan fingerprint density at radius 1 is 1.14 bits per heavy atom. The van der Waals surface area contributed by atoms with Gasteiger partial charge in [-0.2, -0.15) is 5.10 Å². The maximum atomic E-state index is 12.4. The Bertz CT molecular complexity index is 986. The first-order chi connectivity index (χ1) is 13.4. The van der Waals surface area contributed by atoms with Gasteiger partial charge in [-0.15, -0.1) is 0 Å². The normalized spacial score (nSPS) is 10.7. The summed E-state index contributed by atoms with van der Waals surface area (Å²) in [6.45, 7) is 5.54. The van der Waals surface area contributed by atoms with E-state index in [-0.39, 0.29) is 5.91 Å². The topological polar surface area (TPSA) is 71.8 Å². The van der Waals surface area contributed by atoms with Crippen molar-refractivity contribution >= 4 is 34.9 Å². The Morgan fingerprint density at radius 2 is 1.96 bits per heavy atom. The average Bonchev–Trinajstić information content (AvgIpc) is 2.97. The number of pyridine rings is 1. The zero-order chi connectivity index (χ0) is 20.1. The average molecular weight is 418 g/mol. The standard InChI is InChI=1S/C20H21Cl2N5O/c1-13-8-14(2)27(26-13)12-15-4-3-5-16(9-15)20(28)24-7-6-23-19-18(22)10-17(21)11-25-19/h3-5,8-11H,6-7,12H2,1-2H3,(H,23,25)(H,24,28). The quantitative estimate of drug-likeness (QED) is 0.567. The van der Waals surface area contributed by atoms with Crippen LogP contribution in [0.1, 0.15) is 27.3 Å². The van der Waals surface area contributed by atoms with Gasteiger partial charge in [0.15, 0.2) is 0 Å². The van der Waals surface area contributed by atoms with Crippen LogP contribution in [0.15, 0.2) is 42.6 Å². The Balaban J connectivity index is 1.53. The molecule has 6 nitrogen and oxygen atoms in total. The van der Waals surface area contributed by atoms with Gasteiger partial charge >= 0.3 is 0 Å². The number of benzene rings is 1. The smallest absolute Gasteiger partial charge is 0.251 e. The van der Waals surface area contributed by atoms with E-state index in [2.05, 4.69) is 20.7 Å². The molecule has 0 aliphatic rings. The molecule has 0 spiro atoms. The molecule has 0 unspecified atom stereocenters. The zero-order valence-corrected chi connectivity index (χ0v) is 17.2. The first kappa shape index (κ1) is 20.2. The Morgan fingerprint density at radius 3 is 2.68 bits per heavy atom. The predicted octanol–water partition coefficient (Wildman–Crippen LogP) is 4.09. The molecule has 28 heavy (non-hydrogen) atoms. The molecule has 3 aromatic rings. The number of aryl methyl sites for hydroxylation is 2. The van der Waals surface area contributed by atoms with Crippen molar-refractivity contribution in [3.8, 4) is 0 Å². The second-order valence-corrected chi connectivity index (χ2v) is 7.30. The van der Waals surface area contributed by atoms with Crippen LogP contribution < -0.4 is 10.6 Å². The summed E-state index contributed by atoms with van der Waals surface area (Å²) >= 11 is 11.9. The third-order valence-electron chi connectivity index (χ3n) is 4.14. The molecule has 3 rings (SSSR count). The fourth-order valence-electron chi connectivity index (χ4n) is 2.82. The van der Waals surface area contributed by atoms with E-state index in [1.165, 1.54) is 6.20 Å². The Labute approximate surface area is 173 Å². The maximum absolute atomic E-state index is 12.4. The highest BCUT2D eigenvalue weighted by Crippen LogP contribution is 2.22. The molecule has 0 saturated heterocycles. The highest BCUT2D eigenvalue weighted by Gasteiger charge is 2.08. The lowest BCUT2D eigenvalue weighted by atomic mass is 10.1. The maximum Gasteiger partial charge on any atom is 0.251 e. The van der Waals surface area contributed by atoms with Gasteiger partial charge in [0.25, 0.3) is 5.91 Å². The van der Waals surface area contributed by atoms with Gasteiger partial charge in [-0.05, 0) is 43.7 Å². The molecule has 146 valence electrons. The number of rotatable bonds is 7. The highest BCUT2D eigenvalue weighted by molar-refractivity contribution is 6.35. The molecule has 2 heterocycles. The fraction of sp³-hybridized carbons (Fsp3) is 0.250. The predicted molar refractivity (Wildman–Crippen MR) is 112 cm³/mol. The zero-order valence-electron chi connectivity index (χ0n) is 15.7. The van der Waals surface area contributed by atoms with E-state index in [9.17, 15) is 4.79 Å². The third kappa shape index (κ3) is 5.24. The number of nitrogens with one attached hydrogen (secondary N) is 2. The molecule has 0 aliphatic carbocycles. The minimum absolute atomic E-state index is 0.132. The first-order valence-corrected chi connectivity index (χ1v) is 9.61. The van der Waals surface area contributed by atoms with Crippen molar-refractivity contribution in [2.75, 3.05) is 18.4 Å². The van der Waals surface area contributed by atoms with Crippen molar-refractivity contribution in [1.29, 1.82) is 0 Å². The van der Waals surface area contributed by atoms with E-state index in [1.54, 1.807) is 12.1 Å². The number of carbonyl (C=O) groups is 1. The van der Waals surface area contributed by atoms with E-state index < -0.39 is 0 Å². The number of nitrogens with zero attached hydrogens (tertiary/aromatic N) is 3. The van der Waals surface area contributed by atoms with Crippen LogP contribution in [-0.2, 0) is 6.54 Å². The van der Waals surface area contributed by atoms with Crippen molar-refractivity contribution in [2.45, 2.75) is 20.4 Å². The van der Waals surface area contributed by atoms with E-state index in [0.717, 1.165) is 17.0 Å². The van der Waals surface area contributed by atoms with Gasteiger partial charge in [0.1, 0.15) is 5.82 Å². The van der Waals surface area contributed by atoms with Gasteiger partial charge in [-0.3, -0.25) is 9.48 Å². The lowest BCUT2D eigenvalue weighted by Gasteiger charge is -2.10. The van der Waals surface area contributed by atoms with Crippen LogP contribution in [0.25, 0.3) is 0 Å². The molecule has 0 saturated carbocycles. The number of hydrogen-bond acceptors (Lipinski definition) is 4. The van der Waals surface area contributed by atoms with Crippen molar-refractivity contribution in [3.05, 3.63) is 75.2 Å². The van der Waals surface area contributed by atoms with Crippen molar-refractivity contribution in [3.63, 3.8) is 0 Å². The van der Waals surface area contributed by atoms with Crippen LogP contribution in [0.4, 0.5) is 5.82 Å². The second kappa shape index (κ2) is 9.08. The molecule has 0 atom stereocenters. The summed E-state index contributed by atoms with van der Waals surface area (Å²) in [4.78, 5) is 16.5. The van der Waals surface area contributed by atoms with Crippen LogP contribution in [0.3, 0.4) is 0 Å². The SMILES string of the molecule is Cc1cc(C)n(Cc2cccc(C(=O)NCCNc3ncc(Cl)cc3Cl)c2)n1. The van der Waals surface area contributed by atoms with Gasteiger partial charge in [0.05, 0.1) is 22.3 Å². The Hall–Kier alpha value is -2.57. The first-order valence-electron chi connectivity index (χ1n) is 8.85. The minimum atomic E-state index is -0.132. The lowest BCUT2D eigenvalue weighted by molar-refractivity contribution is 0.0955. The van der Waals surface area contributed by atoms with Crippen LogP contribution in [0, 0.1) is 13.8 Å². The van der Waals surface area contributed by atoms with Gasteiger partial charge in [0.2, 0.25) is 0 Å². The number of aromatic nitrogens is 3. The van der Waals surface area contributed by atoms with Crippen LogP contribution in [-0.4, -0.2) is 33.8 Å². The van der Waals surface area contributed by atoms with Gasteiger partial charge in [-0.25, -0.2) is 4.98 Å². The molecule has 0 bridgehead atoms. The van der Waals surface area contributed by atoms with Gasteiger partial charge in [0, 0.05) is 30.5 Å². The number of anilines is 1. The Kier molecular flexibility index (Phi) is 6.54. The third-order valence-corrected chi connectivity index (χ3v) is 4.63. The monoisotopic (exact) mass is 417 g/mol. The largest absolute Gasteiger partial charge is 0.367 e. The summed E-state index contributed by atoms with van der Waals surface area (Å²) in [7, 11) is 0. The molecule has 2 N–H and O–H groups in total. The molecule has 2 aromatic heterocycles. The summed E-state index contributed by atoms with van der Waals surface area (Å²) in [5.74, 6) is 0.402. The fourth-order valence-corrected chi connectivity index (χ4v) is 3.27. The van der Waals surface area contributed by atoms with Crippen molar-refractivity contribution in [1.82, 2.24) is 20.1 Å². The van der Waals surface area contributed by atoms with E-state index >= 15 is 0 Å². The number of halogens is 2.